The third kappa shape index (κ3) is 3.48. The van der Waals surface area contributed by atoms with Crippen molar-refractivity contribution in [1.29, 1.82) is 0 Å². The highest BCUT2D eigenvalue weighted by atomic mass is 16.5. The summed E-state index contributed by atoms with van der Waals surface area (Å²) in [6.07, 6.45) is 7.22. The van der Waals surface area contributed by atoms with Crippen LogP contribution in [0.4, 0.5) is 0 Å². The predicted octanol–water partition coefficient (Wildman–Crippen LogP) is 2.39. The fraction of sp³-hybridized carbons (Fsp3) is 0.632. The minimum absolute atomic E-state index is 0.0264. The fourth-order valence-corrected chi connectivity index (χ4v) is 4.38. The van der Waals surface area contributed by atoms with Gasteiger partial charge in [0, 0.05) is 43.2 Å². The van der Waals surface area contributed by atoms with E-state index in [1.54, 1.807) is 19.2 Å². The lowest BCUT2D eigenvalue weighted by Gasteiger charge is -2.46. The number of pyridine rings is 1. The van der Waals surface area contributed by atoms with Gasteiger partial charge >= 0.3 is 0 Å². The number of amides is 2. The van der Waals surface area contributed by atoms with Crippen LogP contribution in [-0.2, 0) is 4.79 Å². The first-order chi connectivity index (χ1) is 12.1. The molecule has 2 aliphatic rings. The number of piperidine rings is 1. The Bertz CT molecular complexity index is 631. The average molecular weight is 345 g/mol. The van der Waals surface area contributed by atoms with Crippen LogP contribution < -0.4 is 10.1 Å². The van der Waals surface area contributed by atoms with Crippen molar-refractivity contribution in [2.45, 2.75) is 51.5 Å². The number of carbonyl (C=O) groups is 2. The Morgan fingerprint density at radius 1 is 1.44 bits per heavy atom. The molecule has 2 heterocycles. The Balaban J connectivity index is 1.68. The molecule has 1 saturated carbocycles. The minimum Gasteiger partial charge on any atom is -0.481 e. The zero-order chi connectivity index (χ0) is 17.9. The lowest BCUT2D eigenvalue weighted by molar-refractivity contribution is -0.141. The van der Waals surface area contributed by atoms with Gasteiger partial charge in [0.2, 0.25) is 11.8 Å². The number of likely N-dealkylation sites (tertiary alicyclic amines) is 1. The van der Waals surface area contributed by atoms with Gasteiger partial charge in [0.1, 0.15) is 0 Å². The Morgan fingerprint density at radius 2 is 2.28 bits per heavy atom. The normalized spacial score (nSPS) is 25.6. The molecule has 1 N–H and O–H groups in total. The number of nitrogens with zero attached hydrogens (tertiary/aromatic N) is 2. The van der Waals surface area contributed by atoms with Gasteiger partial charge in [0.05, 0.1) is 12.7 Å². The first-order valence-corrected chi connectivity index (χ1v) is 9.17. The molecule has 0 radical (unpaired) electrons. The lowest BCUT2D eigenvalue weighted by Crippen LogP contribution is -2.56. The van der Waals surface area contributed by atoms with E-state index in [1.807, 2.05) is 0 Å². The standard InChI is InChI=1S/C19H27N3O3/c1-3-11-22-15-5-4-9-19(15,10-8-17(22)23)13-21-18(24)14-6-7-16(25-2)20-12-14/h6-7,12,15H,3-5,8-11,13H2,1-2H3,(H,21,24)/t15-,19+/m1/s1. The van der Waals surface area contributed by atoms with E-state index in [9.17, 15) is 9.59 Å². The molecule has 25 heavy (non-hydrogen) atoms. The largest absolute Gasteiger partial charge is 0.481 e. The van der Waals surface area contributed by atoms with Crippen LogP contribution in [0.25, 0.3) is 0 Å². The maximum Gasteiger partial charge on any atom is 0.252 e. The molecular formula is C19H27N3O3. The van der Waals surface area contributed by atoms with E-state index in [0.29, 0.717) is 24.4 Å². The highest BCUT2D eigenvalue weighted by Crippen LogP contribution is 2.47. The molecule has 6 nitrogen and oxygen atoms in total. The number of nitrogens with one attached hydrogen (secondary N) is 1. The van der Waals surface area contributed by atoms with Crippen molar-refractivity contribution in [3.63, 3.8) is 0 Å². The van der Waals surface area contributed by atoms with Crippen LogP contribution in [0.3, 0.4) is 0 Å². The van der Waals surface area contributed by atoms with Crippen LogP contribution in [0.2, 0.25) is 0 Å². The van der Waals surface area contributed by atoms with E-state index in [1.165, 1.54) is 6.20 Å². The molecule has 6 heteroatoms. The van der Waals surface area contributed by atoms with Crippen LogP contribution in [0.1, 0.15) is 55.8 Å². The highest BCUT2D eigenvalue weighted by Gasteiger charge is 2.49. The first-order valence-electron chi connectivity index (χ1n) is 9.17. The summed E-state index contributed by atoms with van der Waals surface area (Å²) in [5, 5.41) is 3.09. The number of aromatic nitrogens is 1. The number of fused-ring (bicyclic) bond motifs is 1. The highest BCUT2D eigenvalue weighted by molar-refractivity contribution is 5.94. The maximum atomic E-state index is 12.5. The summed E-state index contributed by atoms with van der Waals surface area (Å²) in [6, 6.07) is 3.68. The van der Waals surface area contributed by atoms with Crippen molar-refractivity contribution in [3.8, 4) is 5.88 Å². The molecule has 0 spiro atoms. The SMILES string of the molecule is CCCN1C(=O)CC[C@]2(CNC(=O)c3ccc(OC)nc3)CCC[C@@H]12. The van der Waals surface area contributed by atoms with E-state index in [-0.39, 0.29) is 23.3 Å². The number of methoxy groups -OCH3 is 1. The number of hydrogen-bond donors (Lipinski definition) is 1. The van der Waals surface area contributed by atoms with Gasteiger partial charge in [-0.2, -0.15) is 0 Å². The van der Waals surface area contributed by atoms with Gasteiger partial charge in [-0.3, -0.25) is 9.59 Å². The lowest BCUT2D eigenvalue weighted by atomic mass is 9.74. The summed E-state index contributed by atoms with van der Waals surface area (Å²) in [4.78, 5) is 30.9. The zero-order valence-electron chi connectivity index (χ0n) is 15.1. The predicted molar refractivity (Wildman–Crippen MR) is 94.4 cm³/mol. The molecule has 136 valence electrons. The Kier molecular flexibility index (Phi) is 5.25. The van der Waals surface area contributed by atoms with Gasteiger partial charge in [-0.05, 0) is 31.7 Å². The third-order valence-electron chi connectivity index (χ3n) is 5.67. The number of ether oxygens (including phenoxy) is 1. The topological polar surface area (TPSA) is 71.5 Å². The van der Waals surface area contributed by atoms with Crippen molar-refractivity contribution < 1.29 is 14.3 Å². The summed E-state index contributed by atoms with van der Waals surface area (Å²) < 4.78 is 5.02. The second kappa shape index (κ2) is 7.42. The molecular weight excluding hydrogens is 318 g/mol. The molecule has 0 bridgehead atoms. The molecule has 2 fully saturated rings. The minimum atomic E-state index is -0.117. The van der Waals surface area contributed by atoms with Crippen LogP contribution in [0.15, 0.2) is 18.3 Å². The average Bonchev–Trinajstić information content (AvgIpc) is 3.07. The second-order valence-electron chi connectivity index (χ2n) is 7.13. The molecule has 1 aromatic heterocycles. The molecule has 1 aliphatic heterocycles. The summed E-state index contributed by atoms with van der Waals surface area (Å²) in [6.45, 7) is 3.55. The molecule has 2 atom stereocenters. The van der Waals surface area contributed by atoms with E-state index in [2.05, 4.69) is 22.1 Å². The van der Waals surface area contributed by atoms with Crippen LogP contribution in [-0.4, -0.2) is 47.9 Å². The molecule has 1 aromatic rings. The Morgan fingerprint density at radius 3 is 2.96 bits per heavy atom. The molecule has 2 amide bonds. The first kappa shape index (κ1) is 17.7. The van der Waals surface area contributed by atoms with Crippen molar-refractivity contribution in [3.05, 3.63) is 23.9 Å². The van der Waals surface area contributed by atoms with E-state index in [0.717, 1.165) is 38.6 Å². The monoisotopic (exact) mass is 345 g/mol. The van der Waals surface area contributed by atoms with Crippen molar-refractivity contribution in [2.24, 2.45) is 5.41 Å². The molecule has 3 rings (SSSR count). The second-order valence-corrected chi connectivity index (χ2v) is 7.13. The smallest absolute Gasteiger partial charge is 0.252 e. The van der Waals surface area contributed by atoms with Gasteiger partial charge in [-0.25, -0.2) is 4.98 Å². The Hall–Kier alpha value is -2.11. The molecule has 1 saturated heterocycles. The summed E-state index contributed by atoms with van der Waals surface area (Å²) in [5.41, 5.74) is 0.558. The number of rotatable bonds is 6. The van der Waals surface area contributed by atoms with Crippen LogP contribution in [0, 0.1) is 5.41 Å². The van der Waals surface area contributed by atoms with E-state index in [4.69, 9.17) is 4.74 Å². The number of hydrogen-bond acceptors (Lipinski definition) is 4. The van der Waals surface area contributed by atoms with Gasteiger partial charge in [0.15, 0.2) is 0 Å². The quantitative estimate of drug-likeness (QED) is 0.859. The maximum absolute atomic E-state index is 12.5. The van der Waals surface area contributed by atoms with E-state index >= 15 is 0 Å². The summed E-state index contributed by atoms with van der Waals surface area (Å²) >= 11 is 0. The van der Waals surface area contributed by atoms with Gasteiger partial charge in [-0.15, -0.1) is 0 Å². The summed E-state index contributed by atoms with van der Waals surface area (Å²) in [5.74, 6) is 0.649. The zero-order valence-corrected chi connectivity index (χ0v) is 15.1. The van der Waals surface area contributed by atoms with Crippen LogP contribution >= 0.6 is 0 Å². The number of carbonyl (C=O) groups excluding carboxylic acids is 2. The van der Waals surface area contributed by atoms with Gasteiger partial charge in [0.25, 0.3) is 5.91 Å². The van der Waals surface area contributed by atoms with Gasteiger partial charge in [-0.1, -0.05) is 13.3 Å². The van der Waals surface area contributed by atoms with Crippen LogP contribution in [0.5, 0.6) is 5.88 Å². The van der Waals surface area contributed by atoms with Crippen molar-refractivity contribution >= 4 is 11.8 Å². The molecule has 0 aromatic carbocycles. The van der Waals surface area contributed by atoms with Crippen molar-refractivity contribution in [1.82, 2.24) is 15.2 Å². The molecule has 0 unspecified atom stereocenters. The third-order valence-corrected chi connectivity index (χ3v) is 5.67. The molecule has 1 aliphatic carbocycles. The van der Waals surface area contributed by atoms with Crippen molar-refractivity contribution in [2.75, 3.05) is 20.2 Å². The summed E-state index contributed by atoms with van der Waals surface area (Å²) in [7, 11) is 1.55. The van der Waals surface area contributed by atoms with Gasteiger partial charge < -0.3 is 15.0 Å². The fourth-order valence-electron chi connectivity index (χ4n) is 4.38. The Labute approximate surface area is 148 Å². The van der Waals surface area contributed by atoms with E-state index < -0.39 is 0 Å².